The van der Waals surface area contributed by atoms with Crippen LogP contribution < -0.4 is 15.0 Å². The van der Waals surface area contributed by atoms with E-state index in [1.807, 2.05) is 4.90 Å². The average Bonchev–Trinajstić information content (AvgIpc) is 2.90. The molecule has 0 amide bonds. The fraction of sp³-hybridized carbons (Fsp3) is 0.500. The zero-order valence-electron chi connectivity index (χ0n) is 13.4. The summed E-state index contributed by atoms with van der Waals surface area (Å²) in [4.78, 5) is 10.5. The van der Waals surface area contributed by atoms with Crippen molar-refractivity contribution in [1.29, 1.82) is 0 Å². The van der Waals surface area contributed by atoms with Gasteiger partial charge in [0, 0.05) is 30.6 Å². The third-order valence-electron chi connectivity index (χ3n) is 4.75. The van der Waals surface area contributed by atoms with Crippen molar-refractivity contribution in [1.82, 2.24) is 15.3 Å². The minimum absolute atomic E-state index is 0.115. The third kappa shape index (κ3) is 2.97. The number of methoxy groups -OCH3 is 1. The Labute approximate surface area is 147 Å². The maximum atomic E-state index is 13.3. The van der Waals surface area contributed by atoms with Gasteiger partial charge in [0.1, 0.15) is 5.82 Å². The van der Waals surface area contributed by atoms with Crippen molar-refractivity contribution in [3.8, 4) is 6.01 Å². The van der Waals surface area contributed by atoms with E-state index in [9.17, 15) is 13.2 Å². The minimum Gasteiger partial charge on any atom is -0.467 e. The molecule has 2 saturated heterocycles. The number of alkyl halides is 3. The summed E-state index contributed by atoms with van der Waals surface area (Å²) >= 11 is 5.83. The topological polar surface area (TPSA) is 50.3 Å². The summed E-state index contributed by atoms with van der Waals surface area (Å²) in [6.07, 6.45) is -2.42. The largest absolute Gasteiger partial charge is 0.467 e. The van der Waals surface area contributed by atoms with Gasteiger partial charge in [-0.25, -0.2) is 0 Å². The first-order valence-electron chi connectivity index (χ1n) is 7.98. The molecule has 2 aliphatic rings. The smallest absolute Gasteiger partial charge is 0.417 e. The average molecular weight is 373 g/mol. The Morgan fingerprint density at radius 2 is 1.88 bits per heavy atom. The number of halogens is 4. The number of nitrogens with one attached hydrogen (secondary N) is 1. The lowest BCUT2D eigenvalue weighted by molar-refractivity contribution is -0.137. The van der Waals surface area contributed by atoms with Crippen LogP contribution in [0.4, 0.5) is 19.0 Å². The number of aromatic nitrogens is 2. The Morgan fingerprint density at radius 1 is 1.20 bits per heavy atom. The summed E-state index contributed by atoms with van der Waals surface area (Å²) in [5.74, 6) is 0.461. The van der Waals surface area contributed by atoms with Crippen molar-refractivity contribution in [2.24, 2.45) is 0 Å². The molecule has 2 fully saturated rings. The number of ether oxygens (including phenoxy) is 1. The quantitative estimate of drug-likeness (QED) is 0.877. The number of benzene rings is 1. The standard InChI is InChI=1S/C16H16ClF3N4O/c1-25-15-22-13-5-12(17)11(16(18,19)20)4-10(13)14(23-15)24-6-8-2-3-9(7-24)21-8/h4-5,8-9,21H,2-3,6-7H2,1H3. The van der Waals surface area contributed by atoms with Gasteiger partial charge in [0.15, 0.2) is 0 Å². The van der Waals surface area contributed by atoms with Crippen molar-refractivity contribution >= 4 is 28.3 Å². The first kappa shape index (κ1) is 16.7. The van der Waals surface area contributed by atoms with Crippen molar-refractivity contribution in [3.05, 3.63) is 22.7 Å². The van der Waals surface area contributed by atoms with E-state index < -0.39 is 11.7 Å². The Bertz CT molecular complexity index is 817. The van der Waals surface area contributed by atoms with Gasteiger partial charge in [0.2, 0.25) is 0 Å². The zero-order chi connectivity index (χ0) is 17.8. The Balaban J connectivity index is 1.88. The van der Waals surface area contributed by atoms with Crippen LogP contribution in [0.5, 0.6) is 6.01 Å². The van der Waals surface area contributed by atoms with E-state index in [0.717, 1.165) is 18.9 Å². The number of piperazine rings is 1. The van der Waals surface area contributed by atoms with Gasteiger partial charge in [0.25, 0.3) is 0 Å². The van der Waals surface area contributed by atoms with Gasteiger partial charge in [-0.1, -0.05) is 11.6 Å². The van der Waals surface area contributed by atoms with Gasteiger partial charge < -0.3 is 15.0 Å². The van der Waals surface area contributed by atoms with Crippen LogP contribution in [-0.2, 0) is 6.18 Å². The number of nitrogens with zero attached hydrogens (tertiary/aromatic N) is 3. The molecule has 1 aromatic carbocycles. The van der Waals surface area contributed by atoms with E-state index >= 15 is 0 Å². The fourth-order valence-electron chi connectivity index (χ4n) is 3.63. The normalized spacial score (nSPS) is 23.3. The minimum atomic E-state index is -4.54. The highest BCUT2D eigenvalue weighted by Gasteiger charge is 2.36. The molecule has 5 nitrogen and oxygen atoms in total. The molecule has 9 heteroatoms. The van der Waals surface area contributed by atoms with Crippen molar-refractivity contribution in [3.63, 3.8) is 0 Å². The maximum Gasteiger partial charge on any atom is 0.417 e. The lowest BCUT2D eigenvalue weighted by Crippen LogP contribution is -2.51. The summed E-state index contributed by atoms with van der Waals surface area (Å²) < 4.78 is 44.9. The van der Waals surface area contributed by atoms with Gasteiger partial charge in [-0.15, -0.1) is 0 Å². The van der Waals surface area contributed by atoms with Crippen molar-refractivity contribution in [2.75, 3.05) is 25.1 Å². The molecule has 0 aliphatic carbocycles. The van der Waals surface area contributed by atoms with Crippen LogP contribution in [0.25, 0.3) is 10.9 Å². The van der Waals surface area contributed by atoms with Crippen molar-refractivity contribution < 1.29 is 17.9 Å². The molecule has 134 valence electrons. The third-order valence-corrected chi connectivity index (χ3v) is 5.06. The molecule has 2 aromatic rings. The summed E-state index contributed by atoms with van der Waals surface area (Å²) in [6, 6.07) is 3.03. The SMILES string of the molecule is COc1nc(N2CC3CCC(C2)N3)c2cc(C(F)(F)F)c(Cl)cc2n1. The lowest BCUT2D eigenvalue weighted by Gasteiger charge is -2.34. The first-order chi connectivity index (χ1) is 11.8. The molecule has 0 radical (unpaired) electrons. The van der Waals surface area contributed by atoms with E-state index in [1.54, 1.807) is 0 Å². The van der Waals surface area contributed by atoms with Crippen LogP contribution in [-0.4, -0.2) is 42.3 Å². The van der Waals surface area contributed by atoms with Gasteiger partial charge in [-0.3, -0.25) is 0 Å². The zero-order valence-corrected chi connectivity index (χ0v) is 14.2. The van der Waals surface area contributed by atoms with E-state index in [1.165, 1.54) is 13.2 Å². The molecule has 2 atom stereocenters. The second kappa shape index (κ2) is 5.88. The molecule has 4 rings (SSSR count). The van der Waals surface area contributed by atoms with Crippen LogP contribution >= 0.6 is 11.6 Å². The predicted octanol–water partition coefficient (Wildman–Crippen LogP) is 3.25. The van der Waals surface area contributed by atoms with E-state index in [4.69, 9.17) is 16.3 Å². The fourth-order valence-corrected chi connectivity index (χ4v) is 3.90. The second-order valence-electron chi connectivity index (χ2n) is 6.42. The lowest BCUT2D eigenvalue weighted by atomic mass is 10.1. The van der Waals surface area contributed by atoms with E-state index in [2.05, 4.69) is 15.3 Å². The summed E-state index contributed by atoms with van der Waals surface area (Å²) in [6.45, 7) is 1.38. The van der Waals surface area contributed by atoms with Crippen LogP contribution in [0.2, 0.25) is 5.02 Å². The number of hydrogen-bond acceptors (Lipinski definition) is 5. The number of hydrogen-bond donors (Lipinski definition) is 1. The summed E-state index contributed by atoms with van der Waals surface area (Å²) in [7, 11) is 1.43. The molecule has 0 saturated carbocycles. The van der Waals surface area contributed by atoms with E-state index in [-0.39, 0.29) is 11.0 Å². The van der Waals surface area contributed by atoms with E-state index in [0.29, 0.717) is 41.9 Å². The molecule has 1 N–H and O–H groups in total. The van der Waals surface area contributed by atoms with Crippen molar-refractivity contribution in [2.45, 2.75) is 31.1 Å². The predicted molar refractivity (Wildman–Crippen MR) is 88.3 cm³/mol. The van der Waals surface area contributed by atoms with Crippen LogP contribution in [0.1, 0.15) is 18.4 Å². The van der Waals surface area contributed by atoms with Crippen LogP contribution in [0.3, 0.4) is 0 Å². The summed E-state index contributed by atoms with van der Waals surface area (Å²) in [5, 5.41) is 3.44. The Hall–Kier alpha value is -1.80. The molecule has 2 unspecified atom stereocenters. The number of anilines is 1. The van der Waals surface area contributed by atoms with Crippen LogP contribution in [0, 0.1) is 0 Å². The highest BCUT2D eigenvalue weighted by Crippen LogP contribution is 2.39. The van der Waals surface area contributed by atoms with Gasteiger partial charge in [0.05, 0.1) is 23.2 Å². The van der Waals surface area contributed by atoms with Crippen LogP contribution in [0.15, 0.2) is 12.1 Å². The first-order valence-corrected chi connectivity index (χ1v) is 8.36. The molecular weight excluding hydrogens is 357 g/mol. The molecule has 1 aromatic heterocycles. The Morgan fingerprint density at radius 3 is 2.48 bits per heavy atom. The highest BCUT2D eigenvalue weighted by atomic mass is 35.5. The number of fused-ring (bicyclic) bond motifs is 3. The molecule has 0 spiro atoms. The monoisotopic (exact) mass is 372 g/mol. The molecule has 2 aliphatic heterocycles. The Kier molecular flexibility index (Phi) is 3.92. The maximum absolute atomic E-state index is 13.3. The molecular formula is C16H16ClF3N4O. The highest BCUT2D eigenvalue weighted by molar-refractivity contribution is 6.32. The second-order valence-corrected chi connectivity index (χ2v) is 6.83. The number of rotatable bonds is 2. The van der Waals surface area contributed by atoms with Gasteiger partial charge in [-0.2, -0.15) is 23.1 Å². The molecule has 2 bridgehead atoms. The molecule has 25 heavy (non-hydrogen) atoms. The summed E-state index contributed by atoms with van der Waals surface area (Å²) in [5.41, 5.74) is -0.541. The van der Waals surface area contributed by atoms with Gasteiger partial charge >= 0.3 is 12.2 Å². The molecule has 3 heterocycles. The van der Waals surface area contributed by atoms with Gasteiger partial charge in [-0.05, 0) is 25.0 Å².